The Bertz CT molecular complexity index is 149. The van der Waals surface area contributed by atoms with Crippen LogP contribution in [0.3, 0.4) is 0 Å². The van der Waals surface area contributed by atoms with E-state index in [1.807, 2.05) is 0 Å². The van der Waals surface area contributed by atoms with Gasteiger partial charge in [0.25, 0.3) is 0 Å². The highest BCUT2D eigenvalue weighted by Crippen LogP contribution is 2.19. The van der Waals surface area contributed by atoms with Crippen molar-refractivity contribution in [2.24, 2.45) is 17.6 Å². The van der Waals surface area contributed by atoms with Crippen molar-refractivity contribution in [3.05, 3.63) is 0 Å². The van der Waals surface area contributed by atoms with Crippen molar-refractivity contribution in [1.29, 1.82) is 0 Å². The van der Waals surface area contributed by atoms with E-state index >= 15 is 0 Å². The van der Waals surface area contributed by atoms with Gasteiger partial charge in [0.05, 0.1) is 0 Å². The minimum atomic E-state index is -0.317. The van der Waals surface area contributed by atoms with Crippen molar-refractivity contribution < 1.29 is 10.0 Å². The van der Waals surface area contributed by atoms with Gasteiger partial charge in [-0.3, -0.25) is 10.0 Å². The van der Waals surface area contributed by atoms with Gasteiger partial charge >= 0.3 is 0 Å². The highest BCUT2D eigenvalue weighted by molar-refractivity contribution is 5.74. The summed E-state index contributed by atoms with van der Waals surface area (Å²) >= 11 is 0. The lowest BCUT2D eigenvalue weighted by atomic mass is 9.88. The fraction of sp³-hybridized carbons (Fsp3) is 0.889. The van der Waals surface area contributed by atoms with Crippen LogP contribution in [-0.2, 0) is 4.79 Å². The molecule has 0 aliphatic rings. The van der Waals surface area contributed by atoms with E-state index in [4.69, 9.17) is 10.9 Å². The summed E-state index contributed by atoms with van der Waals surface area (Å²) in [6.07, 6.45) is 2.11. The molecule has 0 aromatic carbocycles. The maximum atomic E-state index is 10.8. The smallest absolute Gasteiger partial charge is 0.243 e. The van der Waals surface area contributed by atoms with Gasteiger partial charge in [0.15, 0.2) is 0 Å². The van der Waals surface area contributed by atoms with Crippen LogP contribution in [0.5, 0.6) is 0 Å². The third kappa shape index (κ3) is 5.60. The molecule has 4 nitrogen and oxygen atoms in total. The Morgan fingerprint density at radius 1 is 1.46 bits per heavy atom. The van der Waals surface area contributed by atoms with Gasteiger partial charge in [0.2, 0.25) is 5.91 Å². The molecule has 78 valence electrons. The largest absolute Gasteiger partial charge is 0.330 e. The van der Waals surface area contributed by atoms with Gasteiger partial charge in [-0.2, -0.15) is 0 Å². The Kier molecular flexibility index (Phi) is 6.54. The molecule has 0 aromatic rings. The summed E-state index contributed by atoms with van der Waals surface area (Å²) in [7, 11) is 0. The molecule has 4 N–H and O–H groups in total. The van der Waals surface area contributed by atoms with Crippen molar-refractivity contribution in [2.75, 3.05) is 6.54 Å². The monoisotopic (exact) mass is 188 g/mol. The lowest BCUT2D eigenvalue weighted by Crippen LogP contribution is -2.21. The molecule has 4 heteroatoms. The molecule has 0 fully saturated rings. The predicted octanol–water partition coefficient (Wildman–Crippen LogP) is 0.893. The summed E-state index contributed by atoms with van der Waals surface area (Å²) in [6.45, 7) is 4.90. The number of amides is 1. The first-order valence-electron chi connectivity index (χ1n) is 4.74. The molecular formula is C9H20N2O2. The third-order valence-electron chi connectivity index (χ3n) is 2.35. The zero-order valence-corrected chi connectivity index (χ0v) is 8.42. The van der Waals surface area contributed by atoms with Crippen LogP contribution >= 0.6 is 0 Å². The summed E-state index contributed by atoms with van der Waals surface area (Å²) in [6, 6.07) is 0. The van der Waals surface area contributed by atoms with E-state index < -0.39 is 0 Å². The highest BCUT2D eigenvalue weighted by Gasteiger charge is 2.13. The molecule has 0 rings (SSSR count). The van der Waals surface area contributed by atoms with E-state index in [9.17, 15) is 4.79 Å². The van der Waals surface area contributed by atoms with Gasteiger partial charge in [-0.25, -0.2) is 5.48 Å². The molecule has 13 heavy (non-hydrogen) atoms. The zero-order chi connectivity index (χ0) is 10.3. The lowest BCUT2D eigenvalue weighted by Gasteiger charge is -2.19. The standard InChI is InChI=1S/C9H20N2O2/c1-7(2)8(5-6-10)3-4-9(12)11-13/h7-8,13H,3-6,10H2,1-2H3,(H,11,12). The SMILES string of the molecule is CC(C)C(CCN)CCC(=O)NO. The van der Waals surface area contributed by atoms with Crippen LogP contribution in [0.15, 0.2) is 0 Å². The number of carbonyl (C=O) groups is 1. The van der Waals surface area contributed by atoms with E-state index in [1.165, 1.54) is 0 Å². The number of carbonyl (C=O) groups excluding carboxylic acids is 1. The maximum absolute atomic E-state index is 10.8. The average molecular weight is 188 g/mol. The molecule has 1 atom stereocenters. The first kappa shape index (κ1) is 12.4. The normalized spacial score (nSPS) is 13.0. The van der Waals surface area contributed by atoms with E-state index in [-0.39, 0.29) is 5.91 Å². The van der Waals surface area contributed by atoms with Crippen molar-refractivity contribution >= 4 is 5.91 Å². The van der Waals surface area contributed by atoms with Crippen LogP contribution in [0, 0.1) is 11.8 Å². The summed E-state index contributed by atoms with van der Waals surface area (Å²) in [5, 5.41) is 8.29. The Morgan fingerprint density at radius 2 is 2.08 bits per heavy atom. The Hall–Kier alpha value is -0.610. The van der Waals surface area contributed by atoms with E-state index in [0.717, 1.165) is 12.8 Å². The average Bonchev–Trinajstić information content (AvgIpc) is 2.11. The summed E-state index contributed by atoms with van der Waals surface area (Å²) in [5.74, 6) is 0.694. The van der Waals surface area contributed by atoms with Crippen molar-refractivity contribution in [3.8, 4) is 0 Å². The minimum Gasteiger partial charge on any atom is -0.330 e. The molecule has 0 heterocycles. The maximum Gasteiger partial charge on any atom is 0.243 e. The number of nitrogens with two attached hydrogens (primary N) is 1. The van der Waals surface area contributed by atoms with Gasteiger partial charge in [0, 0.05) is 6.42 Å². The number of hydrogen-bond donors (Lipinski definition) is 3. The van der Waals surface area contributed by atoms with Crippen LogP contribution < -0.4 is 11.2 Å². The number of rotatable bonds is 6. The van der Waals surface area contributed by atoms with Gasteiger partial charge < -0.3 is 5.73 Å². The van der Waals surface area contributed by atoms with Crippen LogP contribution in [0.25, 0.3) is 0 Å². The number of nitrogens with one attached hydrogen (secondary N) is 1. The third-order valence-corrected chi connectivity index (χ3v) is 2.35. The molecule has 0 saturated heterocycles. The molecule has 0 bridgehead atoms. The van der Waals surface area contributed by atoms with Gasteiger partial charge in [-0.1, -0.05) is 13.8 Å². The Morgan fingerprint density at radius 3 is 2.46 bits per heavy atom. The molecule has 0 spiro atoms. The minimum absolute atomic E-state index is 0.317. The molecule has 1 amide bonds. The van der Waals surface area contributed by atoms with Gasteiger partial charge in [0.1, 0.15) is 0 Å². The van der Waals surface area contributed by atoms with Crippen molar-refractivity contribution in [1.82, 2.24) is 5.48 Å². The zero-order valence-electron chi connectivity index (χ0n) is 8.42. The van der Waals surface area contributed by atoms with Crippen LogP contribution in [0.1, 0.15) is 33.1 Å². The Labute approximate surface area is 79.5 Å². The first-order valence-corrected chi connectivity index (χ1v) is 4.74. The van der Waals surface area contributed by atoms with Gasteiger partial charge in [-0.05, 0) is 31.2 Å². The van der Waals surface area contributed by atoms with Gasteiger partial charge in [-0.15, -0.1) is 0 Å². The number of hydrogen-bond acceptors (Lipinski definition) is 3. The molecule has 0 saturated carbocycles. The predicted molar refractivity (Wildman–Crippen MR) is 51.2 cm³/mol. The second-order valence-electron chi connectivity index (χ2n) is 3.66. The van der Waals surface area contributed by atoms with Crippen LogP contribution in [0.4, 0.5) is 0 Å². The second kappa shape index (κ2) is 6.86. The van der Waals surface area contributed by atoms with E-state index in [2.05, 4.69) is 13.8 Å². The summed E-state index contributed by atoms with van der Waals surface area (Å²) in [4.78, 5) is 10.8. The van der Waals surface area contributed by atoms with E-state index in [0.29, 0.717) is 24.8 Å². The van der Waals surface area contributed by atoms with Crippen molar-refractivity contribution in [3.63, 3.8) is 0 Å². The van der Waals surface area contributed by atoms with Crippen molar-refractivity contribution in [2.45, 2.75) is 33.1 Å². The van der Waals surface area contributed by atoms with Crippen LogP contribution in [0.2, 0.25) is 0 Å². The molecule has 0 aliphatic carbocycles. The highest BCUT2D eigenvalue weighted by atomic mass is 16.5. The molecule has 0 aromatic heterocycles. The first-order chi connectivity index (χ1) is 6.11. The molecule has 1 unspecified atom stereocenters. The quantitative estimate of drug-likeness (QED) is 0.428. The lowest BCUT2D eigenvalue weighted by molar-refractivity contribution is -0.129. The van der Waals surface area contributed by atoms with E-state index in [1.54, 1.807) is 5.48 Å². The summed E-state index contributed by atoms with van der Waals surface area (Å²) in [5.41, 5.74) is 7.09. The topological polar surface area (TPSA) is 75.4 Å². The molecular weight excluding hydrogens is 168 g/mol. The molecule has 0 aliphatic heterocycles. The fourth-order valence-electron chi connectivity index (χ4n) is 1.40. The van der Waals surface area contributed by atoms with Crippen LogP contribution in [-0.4, -0.2) is 17.7 Å². The number of hydroxylamine groups is 1. The summed E-state index contributed by atoms with van der Waals surface area (Å²) < 4.78 is 0. The Balaban J connectivity index is 3.75. The molecule has 0 radical (unpaired) electrons. The second-order valence-corrected chi connectivity index (χ2v) is 3.66. The fourth-order valence-corrected chi connectivity index (χ4v) is 1.40.